The molecule has 2 aliphatic rings. The molecule has 68 valence electrons. The van der Waals surface area contributed by atoms with Crippen LogP contribution in [0, 0.1) is 11.8 Å². The largest absolute Gasteiger partial charge is 0.479 e. The van der Waals surface area contributed by atoms with Crippen LogP contribution in [0.4, 0.5) is 0 Å². The van der Waals surface area contributed by atoms with E-state index in [0.717, 1.165) is 12.8 Å². The summed E-state index contributed by atoms with van der Waals surface area (Å²) in [4.78, 5) is 10.7. The molecule has 0 saturated heterocycles. The van der Waals surface area contributed by atoms with Crippen LogP contribution in [0.5, 0.6) is 0 Å². The molecule has 2 saturated carbocycles. The minimum Gasteiger partial charge on any atom is -0.479 e. The smallest absolute Gasteiger partial charge is 0.333 e. The van der Waals surface area contributed by atoms with Crippen molar-refractivity contribution in [1.82, 2.24) is 0 Å². The quantitative estimate of drug-likeness (QED) is 0.676. The number of aliphatic carboxylic acids is 1. The zero-order valence-corrected chi connectivity index (χ0v) is 7.03. The summed E-state index contributed by atoms with van der Waals surface area (Å²) in [5.41, 5.74) is 0. The molecule has 12 heavy (non-hydrogen) atoms. The second kappa shape index (κ2) is 3.05. The fraction of sp³-hybridized carbons (Fsp3) is 0.889. The van der Waals surface area contributed by atoms with Gasteiger partial charge < -0.3 is 9.84 Å². The Morgan fingerprint density at radius 1 is 1.42 bits per heavy atom. The van der Waals surface area contributed by atoms with Crippen LogP contribution in [0.15, 0.2) is 0 Å². The van der Waals surface area contributed by atoms with Gasteiger partial charge in [0.25, 0.3) is 0 Å². The lowest BCUT2D eigenvalue weighted by Crippen LogP contribution is -2.26. The molecule has 0 aromatic carbocycles. The van der Waals surface area contributed by atoms with Crippen LogP contribution in [0.1, 0.15) is 25.7 Å². The number of hydrogen-bond donors (Lipinski definition) is 1. The fourth-order valence-electron chi connectivity index (χ4n) is 1.33. The van der Waals surface area contributed by atoms with Crippen LogP contribution in [0.3, 0.4) is 0 Å². The topological polar surface area (TPSA) is 46.5 Å². The Kier molecular flexibility index (Phi) is 2.05. The van der Waals surface area contributed by atoms with Gasteiger partial charge >= 0.3 is 5.97 Å². The third-order valence-electron chi connectivity index (χ3n) is 2.50. The lowest BCUT2D eigenvalue weighted by Gasteiger charge is -2.11. The maximum Gasteiger partial charge on any atom is 0.333 e. The second-order valence-electron chi connectivity index (χ2n) is 3.87. The van der Waals surface area contributed by atoms with Crippen molar-refractivity contribution in [2.75, 3.05) is 6.61 Å². The van der Waals surface area contributed by atoms with Crippen LogP contribution in [-0.4, -0.2) is 23.8 Å². The molecule has 1 atom stereocenters. The highest BCUT2D eigenvalue weighted by Gasteiger charge is 2.38. The number of carboxylic acids is 1. The third-order valence-corrected chi connectivity index (χ3v) is 2.50. The number of rotatable bonds is 5. The first-order chi connectivity index (χ1) is 5.77. The molecule has 1 unspecified atom stereocenters. The summed E-state index contributed by atoms with van der Waals surface area (Å²) in [5, 5.41) is 8.79. The SMILES string of the molecule is O=C(O)C(OCC1CC1)C1CC1. The Hall–Kier alpha value is -0.570. The van der Waals surface area contributed by atoms with Gasteiger partial charge in [0.2, 0.25) is 0 Å². The lowest BCUT2D eigenvalue weighted by molar-refractivity contribution is -0.152. The fourth-order valence-corrected chi connectivity index (χ4v) is 1.33. The second-order valence-corrected chi connectivity index (χ2v) is 3.87. The zero-order chi connectivity index (χ0) is 8.55. The van der Waals surface area contributed by atoms with Crippen LogP contribution in [0.2, 0.25) is 0 Å². The molecule has 2 aliphatic carbocycles. The number of carboxylic acid groups (broad SMARTS) is 1. The number of ether oxygens (including phenoxy) is 1. The van der Waals surface area contributed by atoms with Crippen molar-refractivity contribution in [3.05, 3.63) is 0 Å². The minimum atomic E-state index is -0.779. The standard InChI is InChI=1S/C9H14O3/c10-9(11)8(7-3-4-7)12-5-6-1-2-6/h6-8H,1-5H2,(H,10,11). The molecule has 0 aliphatic heterocycles. The summed E-state index contributed by atoms with van der Waals surface area (Å²) in [6.07, 6.45) is 3.99. The zero-order valence-electron chi connectivity index (χ0n) is 7.03. The first-order valence-corrected chi connectivity index (χ1v) is 4.62. The van der Waals surface area contributed by atoms with E-state index in [0.29, 0.717) is 18.4 Å². The van der Waals surface area contributed by atoms with Gasteiger partial charge in [-0.2, -0.15) is 0 Å². The van der Waals surface area contributed by atoms with Gasteiger partial charge in [-0.15, -0.1) is 0 Å². The third kappa shape index (κ3) is 1.97. The highest BCUT2D eigenvalue weighted by atomic mass is 16.5. The molecule has 2 rings (SSSR count). The van der Waals surface area contributed by atoms with Gasteiger partial charge in [0.15, 0.2) is 6.10 Å². The van der Waals surface area contributed by atoms with E-state index in [-0.39, 0.29) is 0 Å². The van der Waals surface area contributed by atoms with E-state index in [1.165, 1.54) is 12.8 Å². The Labute approximate surface area is 71.7 Å². The molecule has 0 aromatic rings. The van der Waals surface area contributed by atoms with Crippen molar-refractivity contribution in [3.63, 3.8) is 0 Å². The van der Waals surface area contributed by atoms with E-state index in [9.17, 15) is 4.79 Å². The summed E-state index contributed by atoms with van der Waals surface area (Å²) in [6, 6.07) is 0. The summed E-state index contributed by atoms with van der Waals surface area (Å²) in [7, 11) is 0. The van der Waals surface area contributed by atoms with Crippen LogP contribution in [-0.2, 0) is 9.53 Å². The Balaban J connectivity index is 1.75. The molecule has 0 spiro atoms. The molecule has 0 radical (unpaired) electrons. The van der Waals surface area contributed by atoms with Crippen molar-refractivity contribution in [1.29, 1.82) is 0 Å². The summed E-state index contributed by atoms with van der Waals surface area (Å²) >= 11 is 0. The van der Waals surface area contributed by atoms with Gasteiger partial charge in [0.05, 0.1) is 6.61 Å². The van der Waals surface area contributed by atoms with Crippen molar-refractivity contribution in [3.8, 4) is 0 Å². The molecule has 1 N–H and O–H groups in total. The molecule has 0 heterocycles. The van der Waals surface area contributed by atoms with Gasteiger partial charge in [-0.25, -0.2) is 4.79 Å². The molecular weight excluding hydrogens is 156 g/mol. The van der Waals surface area contributed by atoms with Crippen LogP contribution >= 0.6 is 0 Å². The molecule has 3 nitrogen and oxygen atoms in total. The summed E-state index contributed by atoms with van der Waals surface area (Å²) in [5.74, 6) is 0.185. The predicted molar refractivity (Wildman–Crippen MR) is 42.8 cm³/mol. The first kappa shape index (κ1) is 8.05. The lowest BCUT2D eigenvalue weighted by atomic mass is 10.2. The first-order valence-electron chi connectivity index (χ1n) is 4.62. The van der Waals surface area contributed by atoms with E-state index < -0.39 is 12.1 Å². The van der Waals surface area contributed by atoms with E-state index in [1.807, 2.05) is 0 Å². The average molecular weight is 170 g/mol. The number of carbonyl (C=O) groups is 1. The molecule has 0 bridgehead atoms. The van der Waals surface area contributed by atoms with Crippen LogP contribution < -0.4 is 0 Å². The normalized spacial score (nSPS) is 25.3. The van der Waals surface area contributed by atoms with Gasteiger partial charge in [-0.3, -0.25) is 0 Å². The summed E-state index contributed by atoms with van der Waals surface area (Å²) < 4.78 is 5.35. The highest BCUT2D eigenvalue weighted by Crippen LogP contribution is 2.36. The molecule has 3 heteroatoms. The summed E-state index contributed by atoms with van der Waals surface area (Å²) in [6.45, 7) is 0.660. The van der Waals surface area contributed by atoms with Gasteiger partial charge in [-0.05, 0) is 37.5 Å². The molecular formula is C9H14O3. The maximum atomic E-state index is 10.7. The molecule has 0 amide bonds. The van der Waals surface area contributed by atoms with Crippen molar-refractivity contribution in [2.45, 2.75) is 31.8 Å². The minimum absolute atomic E-state index is 0.307. The van der Waals surface area contributed by atoms with E-state index >= 15 is 0 Å². The van der Waals surface area contributed by atoms with Crippen molar-refractivity contribution in [2.24, 2.45) is 11.8 Å². The predicted octanol–water partition coefficient (Wildman–Crippen LogP) is 1.28. The van der Waals surface area contributed by atoms with Crippen molar-refractivity contribution >= 4 is 5.97 Å². The van der Waals surface area contributed by atoms with Crippen molar-refractivity contribution < 1.29 is 14.6 Å². The van der Waals surface area contributed by atoms with Crippen LogP contribution in [0.25, 0.3) is 0 Å². The van der Waals surface area contributed by atoms with E-state index in [1.54, 1.807) is 0 Å². The Bertz CT molecular complexity index is 182. The monoisotopic (exact) mass is 170 g/mol. The molecule has 2 fully saturated rings. The number of hydrogen-bond acceptors (Lipinski definition) is 2. The van der Waals surface area contributed by atoms with Gasteiger partial charge in [-0.1, -0.05) is 0 Å². The Morgan fingerprint density at radius 2 is 2.08 bits per heavy atom. The average Bonchev–Trinajstić information content (AvgIpc) is 2.82. The Morgan fingerprint density at radius 3 is 2.50 bits per heavy atom. The maximum absolute atomic E-state index is 10.7. The van der Waals surface area contributed by atoms with Gasteiger partial charge in [0.1, 0.15) is 0 Å². The van der Waals surface area contributed by atoms with Gasteiger partial charge in [0, 0.05) is 0 Å². The molecule has 0 aromatic heterocycles. The highest BCUT2D eigenvalue weighted by molar-refractivity contribution is 5.73. The van der Waals surface area contributed by atoms with E-state index in [2.05, 4.69) is 0 Å². The van der Waals surface area contributed by atoms with E-state index in [4.69, 9.17) is 9.84 Å².